The minimum Gasteiger partial charge on any atom is -0.398 e. The Hall–Kier alpha value is -1.05. The molecule has 1 fully saturated rings. The summed E-state index contributed by atoms with van der Waals surface area (Å²) in [6.07, 6.45) is 6.19. The molecule has 10 heavy (non-hydrogen) atoms. The minimum atomic E-state index is 0.716. The fourth-order valence-corrected chi connectivity index (χ4v) is 1.15. The van der Waals surface area contributed by atoms with Crippen LogP contribution >= 0.6 is 0 Å². The number of nitrogen functional groups attached to an aromatic ring is 1. The third-order valence-corrected chi connectivity index (χ3v) is 1.90. The number of hydrogen-bond donors (Lipinski definition) is 1. The Morgan fingerprint density at radius 3 is 2.90 bits per heavy atom. The highest BCUT2D eigenvalue weighted by molar-refractivity contribution is 5.47. The van der Waals surface area contributed by atoms with Gasteiger partial charge in [0.2, 0.25) is 0 Å². The van der Waals surface area contributed by atoms with Crippen molar-refractivity contribution < 1.29 is 0 Å². The molecule has 2 N–H and O–H groups in total. The first-order valence-corrected chi connectivity index (χ1v) is 3.57. The topological polar surface area (TPSA) is 38.9 Å². The normalized spacial score (nSPS) is 17.2. The van der Waals surface area contributed by atoms with Crippen molar-refractivity contribution in [2.45, 2.75) is 18.8 Å². The van der Waals surface area contributed by atoms with Crippen molar-refractivity contribution in [1.29, 1.82) is 0 Å². The molecule has 1 heterocycles. The predicted octanol–water partition coefficient (Wildman–Crippen LogP) is 1.54. The SMILES string of the molecule is Nc1ccncc1C1CC1. The van der Waals surface area contributed by atoms with Gasteiger partial charge in [0, 0.05) is 18.1 Å². The minimum absolute atomic E-state index is 0.716. The van der Waals surface area contributed by atoms with Gasteiger partial charge in [-0.3, -0.25) is 4.98 Å². The van der Waals surface area contributed by atoms with Crippen LogP contribution in [0.3, 0.4) is 0 Å². The fourth-order valence-electron chi connectivity index (χ4n) is 1.15. The van der Waals surface area contributed by atoms with E-state index in [2.05, 4.69) is 4.98 Å². The summed E-state index contributed by atoms with van der Waals surface area (Å²) in [6.45, 7) is 0. The second-order valence-corrected chi connectivity index (χ2v) is 2.78. The van der Waals surface area contributed by atoms with Gasteiger partial charge >= 0.3 is 0 Å². The van der Waals surface area contributed by atoms with E-state index in [1.807, 2.05) is 12.3 Å². The van der Waals surface area contributed by atoms with Crippen molar-refractivity contribution in [3.05, 3.63) is 24.0 Å². The third-order valence-electron chi connectivity index (χ3n) is 1.90. The highest BCUT2D eigenvalue weighted by atomic mass is 14.7. The summed E-state index contributed by atoms with van der Waals surface area (Å²) in [6, 6.07) is 1.87. The molecule has 0 saturated heterocycles. The second kappa shape index (κ2) is 1.97. The van der Waals surface area contributed by atoms with Gasteiger partial charge in [-0.2, -0.15) is 0 Å². The van der Waals surface area contributed by atoms with Crippen molar-refractivity contribution in [3.8, 4) is 0 Å². The molecule has 52 valence electrons. The van der Waals surface area contributed by atoms with Crippen molar-refractivity contribution in [2.75, 3.05) is 5.73 Å². The van der Waals surface area contributed by atoms with Gasteiger partial charge in [0.25, 0.3) is 0 Å². The zero-order valence-electron chi connectivity index (χ0n) is 5.75. The maximum Gasteiger partial charge on any atom is 0.0380 e. The summed E-state index contributed by atoms with van der Waals surface area (Å²) in [4.78, 5) is 4.03. The maximum absolute atomic E-state index is 5.72. The molecule has 0 unspecified atom stereocenters. The molecular weight excluding hydrogens is 124 g/mol. The van der Waals surface area contributed by atoms with Crippen molar-refractivity contribution in [1.82, 2.24) is 4.98 Å². The van der Waals surface area contributed by atoms with E-state index in [0.717, 1.165) is 5.69 Å². The lowest BCUT2D eigenvalue weighted by molar-refractivity contribution is 1.10. The van der Waals surface area contributed by atoms with Crippen LogP contribution in [-0.4, -0.2) is 4.98 Å². The Balaban J connectivity index is 2.39. The van der Waals surface area contributed by atoms with Crippen LogP contribution in [0.5, 0.6) is 0 Å². The lowest BCUT2D eigenvalue weighted by Gasteiger charge is -1.99. The number of rotatable bonds is 1. The van der Waals surface area contributed by atoms with E-state index in [0.29, 0.717) is 5.92 Å². The molecule has 0 spiro atoms. The Bertz CT molecular complexity index is 241. The first-order chi connectivity index (χ1) is 4.88. The molecule has 0 aromatic carbocycles. The predicted molar refractivity (Wildman–Crippen MR) is 40.6 cm³/mol. The summed E-state index contributed by atoms with van der Waals surface area (Å²) in [7, 11) is 0. The Kier molecular flexibility index (Phi) is 1.13. The lowest BCUT2D eigenvalue weighted by atomic mass is 10.1. The highest BCUT2D eigenvalue weighted by Crippen LogP contribution is 2.41. The van der Waals surface area contributed by atoms with Gasteiger partial charge in [0.15, 0.2) is 0 Å². The van der Waals surface area contributed by atoms with E-state index in [-0.39, 0.29) is 0 Å². The average molecular weight is 134 g/mol. The number of hydrogen-bond acceptors (Lipinski definition) is 2. The van der Waals surface area contributed by atoms with E-state index in [1.54, 1.807) is 6.20 Å². The van der Waals surface area contributed by atoms with Crippen LogP contribution in [0.1, 0.15) is 24.3 Å². The molecular formula is C8H10N2. The number of aromatic nitrogens is 1. The zero-order chi connectivity index (χ0) is 6.97. The van der Waals surface area contributed by atoms with E-state index >= 15 is 0 Å². The zero-order valence-corrected chi connectivity index (χ0v) is 5.75. The molecule has 0 atom stereocenters. The third kappa shape index (κ3) is 0.856. The summed E-state index contributed by atoms with van der Waals surface area (Å²) >= 11 is 0. The second-order valence-electron chi connectivity index (χ2n) is 2.78. The van der Waals surface area contributed by atoms with Crippen molar-refractivity contribution >= 4 is 5.69 Å². The van der Waals surface area contributed by atoms with Crippen molar-refractivity contribution in [2.24, 2.45) is 0 Å². The van der Waals surface area contributed by atoms with E-state index in [9.17, 15) is 0 Å². The number of anilines is 1. The quantitative estimate of drug-likeness (QED) is 0.632. The summed E-state index contributed by atoms with van der Waals surface area (Å²) in [5, 5.41) is 0. The molecule has 1 aliphatic carbocycles. The fraction of sp³-hybridized carbons (Fsp3) is 0.375. The monoisotopic (exact) mass is 134 g/mol. The summed E-state index contributed by atoms with van der Waals surface area (Å²) in [5.74, 6) is 0.716. The first-order valence-electron chi connectivity index (χ1n) is 3.57. The lowest BCUT2D eigenvalue weighted by Crippen LogP contribution is -1.92. The van der Waals surface area contributed by atoms with Gasteiger partial charge in [0.05, 0.1) is 0 Å². The molecule has 1 aromatic heterocycles. The molecule has 2 heteroatoms. The van der Waals surface area contributed by atoms with E-state index in [1.165, 1.54) is 18.4 Å². The Morgan fingerprint density at radius 1 is 1.50 bits per heavy atom. The van der Waals surface area contributed by atoms with Crippen LogP contribution in [-0.2, 0) is 0 Å². The van der Waals surface area contributed by atoms with Gasteiger partial charge in [-0.05, 0) is 30.4 Å². The van der Waals surface area contributed by atoms with Gasteiger partial charge in [-0.15, -0.1) is 0 Å². The van der Waals surface area contributed by atoms with Crippen molar-refractivity contribution in [3.63, 3.8) is 0 Å². The molecule has 1 saturated carbocycles. The number of nitrogens with two attached hydrogens (primary N) is 1. The van der Waals surface area contributed by atoms with Gasteiger partial charge in [-0.1, -0.05) is 0 Å². The van der Waals surface area contributed by atoms with Gasteiger partial charge in [0.1, 0.15) is 0 Å². The molecule has 0 amide bonds. The number of pyridine rings is 1. The number of nitrogens with zero attached hydrogens (tertiary/aromatic N) is 1. The average Bonchev–Trinajstić information content (AvgIpc) is 2.71. The molecule has 1 aliphatic rings. The Morgan fingerprint density at radius 2 is 2.30 bits per heavy atom. The van der Waals surface area contributed by atoms with Gasteiger partial charge in [-0.25, -0.2) is 0 Å². The molecule has 0 radical (unpaired) electrons. The smallest absolute Gasteiger partial charge is 0.0380 e. The molecule has 2 rings (SSSR count). The van der Waals surface area contributed by atoms with Crippen LogP contribution < -0.4 is 5.73 Å². The first kappa shape index (κ1) is 5.71. The van der Waals surface area contributed by atoms with Crippen LogP contribution in [0.2, 0.25) is 0 Å². The summed E-state index contributed by atoms with van der Waals surface area (Å²) < 4.78 is 0. The largest absolute Gasteiger partial charge is 0.398 e. The van der Waals surface area contributed by atoms with Crippen LogP contribution in [0.4, 0.5) is 5.69 Å². The van der Waals surface area contributed by atoms with Crippen LogP contribution in [0.15, 0.2) is 18.5 Å². The van der Waals surface area contributed by atoms with E-state index < -0.39 is 0 Å². The molecule has 2 nitrogen and oxygen atoms in total. The molecule has 0 aliphatic heterocycles. The Labute approximate surface area is 60.1 Å². The van der Waals surface area contributed by atoms with E-state index in [4.69, 9.17) is 5.73 Å². The van der Waals surface area contributed by atoms with Crippen LogP contribution in [0.25, 0.3) is 0 Å². The summed E-state index contributed by atoms with van der Waals surface area (Å²) in [5.41, 5.74) is 7.86. The van der Waals surface area contributed by atoms with Crippen LogP contribution in [0, 0.1) is 0 Å². The standard InChI is InChI=1S/C8H10N2/c9-8-3-4-10-5-7(8)6-1-2-6/h3-6H,1-2H2,(H2,9,10). The molecule has 0 bridgehead atoms. The molecule has 1 aromatic rings. The highest BCUT2D eigenvalue weighted by Gasteiger charge is 2.25. The van der Waals surface area contributed by atoms with Gasteiger partial charge < -0.3 is 5.73 Å². The maximum atomic E-state index is 5.72.